The highest BCUT2D eigenvalue weighted by atomic mass is 16.7. The summed E-state index contributed by atoms with van der Waals surface area (Å²) in [5, 5.41) is 0.516. The first-order chi connectivity index (χ1) is 10.6. The quantitative estimate of drug-likeness (QED) is 0.746. The fourth-order valence-corrected chi connectivity index (χ4v) is 2.70. The zero-order valence-electron chi connectivity index (χ0n) is 11.9. The van der Waals surface area contributed by atoms with Crippen LogP contribution < -0.4 is 20.6 Å². The number of hydrogen-bond acceptors (Lipinski definition) is 5. The van der Waals surface area contributed by atoms with Crippen LogP contribution in [-0.4, -0.2) is 6.79 Å². The zero-order valence-corrected chi connectivity index (χ0v) is 11.9. The Bertz CT molecular complexity index is 959. The van der Waals surface area contributed by atoms with E-state index in [1.54, 1.807) is 24.3 Å². The molecule has 110 valence electrons. The van der Waals surface area contributed by atoms with Gasteiger partial charge in [0.15, 0.2) is 11.5 Å². The van der Waals surface area contributed by atoms with E-state index in [1.165, 1.54) is 0 Å². The fraction of sp³-hybridized carbons (Fsp3) is 0.118. The lowest BCUT2D eigenvalue weighted by Crippen LogP contribution is -2.09. The number of nitrogen functional groups attached to an aromatic ring is 1. The average Bonchev–Trinajstić information content (AvgIpc) is 2.96. The van der Waals surface area contributed by atoms with Crippen molar-refractivity contribution in [2.24, 2.45) is 0 Å². The Hall–Kier alpha value is -2.95. The van der Waals surface area contributed by atoms with Gasteiger partial charge in [-0.05, 0) is 36.2 Å². The third-order valence-corrected chi connectivity index (χ3v) is 3.80. The van der Waals surface area contributed by atoms with Gasteiger partial charge in [-0.3, -0.25) is 4.79 Å². The van der Waals surface area contributed by atoms with E-state index >= 15 is 0 Å². The predicted octanol–water partition coefficient (Wildman–Crippen LogP) is 3.08. The lowest BCUT2D eigenvalue weighted by atomic mass is 10.0. The predicted molar refractivity (Wildman–Crippen MR) is 83.2 cm³/mol. The highest BCUT2D eigenvalue weighted by molar-refractivity contribution is 5.88. The van der Waals surface area contributed by atoms with Crippen molar-refractivity contribution in [1.82, 2.24) is 0 Å². The van der Waals surface area contributed by atoms with Crippen LogP contribution in [0, 0.1) is 6.92 Å². The molecule has 22 heavy (non-hydrogen) atoms. The molecule has 4 rings (SSSR count). The fourth-order valence-electron chi connectivity index (χ4n) is 2.70. The molecule has 0 saturated carbocycles. The van der Waals surface area contributed by atoms with Crippen LogP contribution in [0.4, 0.5) is 5.88 Å². The van der Waals surface area contributed by atoms with Crippen LogP contribution in [0.25, 0.3) is 22.1 Å². The molecule has 5 nitrogen and oxygen atoms in total. The summed E-state index contributed by atoms with van der Waals surface area (Å²) < 4.78 is 16.3. The van der Waals surface area contributed by atoms with Gasteiger partial charge in [0.05, 0.1) is 10.9 Å². The molecule has 2 heterocycles. The van der Waals surface area contributed by atoms with Crippen molar-refractivity contribution in [3.8, 4) is 22.6 Å². The minimum Gasteiger partial charge on any atom is -0.454 e. The first-order valence-electron chi connectivity index (χ1n) is 6.87. The molecule has 0 spiro atoms. The summed E-state index contributed by atoms with van der Waals surface area (Å²) in [6, 6.07) is 10.7. The molecule has 0 amide bonds. The second-order valence-electron chi connectivity index (χ2n) is 5.19. The van der Waals surface area contributed by atoms with Crippen molar-refractivity contribution in [3.05, 3.63) is 52.2 Å². The molecule has 0 radical (unpaired) electrons. The van der Waals surface area contributed by atoms with E-state index in [0.29, 0.717) is 33.6 Å². The lowest BCUT2D eigenvalue weighted by molar-refractivity contribution is 0.174. The minimum atomic E-state index is -0.152. The number of benzene rings is 2. The topological polar surface area (TPSA) is 74.7 Å². The van der Waals surface area contributed by atoms with E-state index in [-0.39, 0.29) is 18.1 Å². The first kappa shape index (κ1) is 12.8. The van der Waals surface area contributed by atoms with Crippen molar-refractivity contribution in [1.29, 1.82) is 0 Å². The maximum Gasteiger partial charge on any atom is 0.231 e. The molecule has 0 aliphatic carbocycles. The number of rotatable bonds is 1. The molecule has 3 aromatic rings. The summed E-state index contributed by atoms with van der Waals surface area (Å²) in [5.74, 6) is 1.36. The van der Waals surface area contributed by atoms with Gasteiger partial charge in [-0.25, -0.2) is 0 Å². The number of ether oxygens (including phenoxy) is 2. The highest BCUT2D eigenvalue weighted by Crippen LogP contribution is 2.37. The van der Waals surface area contributed by atoms with Crippen LogP contribution in [0.3, 0.4) is 0 Å². The largest absolute Gasteiger partial charge is 0.454 e. The molecule has 0 bridgehead atoms. The third-order valence-electron chi connectivity index (χ3n) is 3.80. The van der Waals surface area contributed by atoms with Gasteiger partial charge in [0, 0.05) is 0 Å². The molecular formula is C17H13NO4. The summed E-state index contributed by atoms with van der Waals surface area (Å²) in [6.07, 6.45) is 0. The number of aryl methyl sites for hydroxylation is 1. The molecule has 1 aliphatic rings. The smallest absolute Gasteiger partial charge is 0.231 e. The van der Waals surface area contributed by atoms with Crippen LogP contribution in [0.1, 0.15) is 5.56 Å². The number of hydrogen-bond donors (Lipinski definition) is 1. The van der Waals surface area contributed by atoms with Crippen LogP contribution in [0.15, 0.2) is 45.6 Å². The Labute approximate surface area is 125 Å². The summed E-state index contributed by atoms with van der Waals surface area (Å²) in [6.45, 7) is 2.06. The van der Waals surface area contributed by atoms with Gasteiger partial charge < -0.3 is 19.6 Å². The Morgan fingerprint density at radius 3 is 2.77 bits per heavy atom. The van der Waals surface area contributed by atoms with Crippen molar-refractivity contribution in [3.63, 3.8) is 0 Å². The van der Waals surface area contributed by atoms with Gasteiger partial charge >= 0.3 is 0 Å². The number of anilines is 1. The van der Waals surface area contributed by atoms with Crippen LogP contribution in [0.2, 0.25) is 0 Å². The number of fused-ring (bicyclic) bond motifs is 2. The molecule has 2 aromatic carbocycles. The first-order valence-corrected chi connectivity index (χ1v) is 6.87. The average molecular weight is 295 g/mol. The van der Waals surface area contributed by atoms with E-state index in [0.717, 1.165) is 5.56 Å². The lowest BCUT2D eigenvalue weighted by Gasteiger charge is -2.08. The Kier molecular flexibility index (Phi) is 2.63. The molecule has 0 unspecified atom stereocenters. The molecule has 0 fully saturated rings. The van der Waals surface area contributed by atoms with Gasteiger partial charge in [0.1, 0.15) is 5.58 Å². The van der Waals surface area contributed by atoms with E-state index in [1.807, 2.05) is 19.1 Å². The van der Waals surface area contributed by atoms with Crippen molar-refractivity contribution in [2.45, 2.75) is 6.92 Å². The summed E-state index contributed by atoms with van der Waals surface area (Å²) in [7, 11) is 0. The summed E-state index contributed by atoms with van der Waals surface area (Å²) >= 11 is 0. The van der Waals surface area contributed by atoms with E-state index in [2.05, 4.69) is 0 Å². The molecule has 0 atom stereocenters. The van der Waals surface area contributed by atoms with E-state index in [4.69, 9.17) is 19.6 Å². The molecular weight excluding hydrogens is 282 g/mol. The second kappa shape index (κ2) is 4.53. The maximum absolute atomic E-state index is 12.8. The van der Waals surface area contributed by atoms with Crippen LogP contribution in [-0.2, 0) is 0 Å². The Morgan fingerprint density at radius 1 is 1.09 bits per heavy atom. The summed E-state index contributed by atoms with van der Waals surface area (Å²) in [5.41, 5.74) is 8.24. The Balaban J connectivity index is 2.01. The highest BCUT2D eigenvalue weighted by Gasteiger charge is 2.19. The summed E-state index contributed by atoms with van der Waals surface area (Å²) in [4.78, 5) is 12.8. The number of nitrogens with two attached hydrogens (primary N) is 1. The van der Waals surface area contributed by atoms with Gasteiger partial charge in [-0.2, -0.15) is 0 Å². The number of para-hydroxylation sites is 1. The SMILES string of the molecule is Cc1cccc2c(=O)c(-c3ccc4c(c3)OCO4)c(N)oc12. The van der Waals surface area contributed by atoms with E-state index < -0.39 is 0 Å². The van der Waals surface area contributed by atoms with E-state index in [9.17, 15) is 4.79 Å². The standard InChI is InChI=1S/C17H13NO4/c1-9-3-2-4-11-15(19)14(17(18)22-16(9)11)10-5-6-12-13(7-10)21-8-20-12/h2-7H,8,18H2,1H3. The maximum atomic E-state index is 12.8. The third kappa shape index (κ3) is 1.75. The van der Waals surface area contributed by atoms with Crippen molar-refractivity contribution < 1.29 is 13.9 Å². The monoisotopic (exact) mass is 295 g/mol. The van der Waals surface area contributed by atoms with Crippen molar-refractivity contribution >= 4 is 16.9 Å². The minimum absolute atomic E-state index is 0.102. The molecule has 2 N–H and O–H groups in total. The van der Waals surface area contributed by atoms with Gasteiger partial charge in [-0.1, -0.05) is 18.2 Å². The van der Waals surface area contributed by atoms with Gasteiger partial charge in [-0.15, -0.1) is 0 Å². The normalized spacial score (nSPS) is 12.8. The second-order valence-corrected chi connectivity index (χ2v) is 5.19. The van der Waals surface area contributed by atoms with Crippen molar-refractivity contribution in [2.75, 3.05) is 12.5 Å². The Morgan fingerprint density at radius 2 is 1.91 bits per heavy atom. The van der Waals surface area contributed by atoms with Crippen LogP contribution in [0.5, 0.6) is 11.5 Å². The van der Waals surface area contributed by atoms with Crippen LogP contribution >= 0.6 is 0 Å². The van der Waals surface area contributed by atoms with Gasteiger partial charge in [0.25, 0.3) is 0 Å². The molecule has 0 saturated heterocycles. The molecule has 5 heteroatoms. The zero-order chi connectivity index (χ0) is 15.3. The molecule has 1 aromatic heterocycles. The molecule has 1 aliphatic heterocycles. The van der Waals surface area contributed by atoms with Gasteiger partial charge in [0.2, 0.25) is 18.1 Å².